The lowest BCUT2D eigenvalue weighted by atomic mass is 9.95. The molecule has 2 atom stereocenters. The van der Waals surface area contributed by atoms with Crippen LogP contribution in [-0.4, -0.2) is 33.9 Å². The number of hydrogen-bond donors (Lipinski definition) is 2. The Morgan fingerprint density at radius 2 is 1.92 bits per heavy atom. The molecule has 11 heteroatoms. The van der Waals surface area contributed by atoms with Gasteiger partial charge in [-0.2, -0.15) is 18.3 Å². The number of anilines is 2. The first-order valence-corrected chi connectivity index (χ1v) is 13.1. The standard InChI is InChI=1S/C26H27F3N4O3S/c1-14(2)36-25(35)21-16-10-6-7-11-19(16)37-24(21)32-23(34)17-13-30-33-20(26(27,28)29)12-18(31-22(17)33)15-8-4-3-5-9-15/h3-5,8-9,13-14,18,20,31H,6-7,10-12H2,1-2H3,(H,32,34)/t18-,20+/m1/s1. The highest BCUT2D eigenvalue weighted by Crippen LogP contribution is 2.45. The van der Waals surface area contributed by atoms with Crippen molar-refractivity contribution in [1.82, 2.24) is 9.78 Å². The van der Waals surface area contributed by atoms with Crippen molar-refractivity contribution < 1.29 is 27.5 Å². The van der Waals surface area contributed by atoms with Crippen molar-refractivity contribution in [2.75, 3.05) is 10.6 Å². The molecule has 196 valence electrons. The Kier molecular flexibility index (Phi) is 6.74. The summed E-state index contributed by atoms with van der Waals surface area (Å²) in [7, 11) is 0. The zero-order chi connectivity index (χ0) is 26.3. The zero-order valence-corrected chi connectivity index (χ0v) is 21.2. The number of carbonyl (C=O) groups is 2. The third kappa shape index (κ3) is 4.96. The van der Waals surface area contributed by atoms with E-state index in [4.69, 9.17) is 4.74 Å². The van der Waals surface area contributed by atoms with Crippen molar-refractivity contribution >= 4 is 34.0 Å². The van der Waals surface area contributed by atoms with E-state index in [1.54, 1.807) is 44.2 Å². The Morgan fingerprint density at radius 1 is 1.19 bits per heavy atom. The minimum atomic E-state index is -4.55. The van der Waals surface area contributed by atoms with Crippen LogP contribution in [0.2, 0.25) is 0 Å². The molecule has 3 aromatic rings. The maximum absolute atomic E-state index is 14.0. The van der Waals surface area contributed by atoms with Crippen molar-refractivity contribution in [3.8, 4) is 0 Å². The zero-order valence-electron chi connectivity index (χ0n) is 20.4. The molecule has 0 saturated heterocycles. The van der Waals surface area contributed by atoms with Gasteiger partial charge in [0.05, 0.1) is 23.9 Å². The maximum Gasteiger partial charge on any atom is 0.410 e. The van der Waals surface area contributed by atoms with Crippen LogP contribution in [0.25, 0.3) is 0 Å². The second-order valence-electron chi connectivity index (χ2n) is 9.58. The maximum atomic E-state index is 14.0. The molecular weight excluding hydrogens is 505 g/mol. The van der Waals surface area contributed by atoms with Crippen molar-refractivity contribution in [2.45, 2.75) is 70.3 Å². The average molecular weight is 533 g/mol. The highest BCUT2D eigenvalue weighted by atomic mass is 32.1. The van der Waals surface area contributed by atoms with Gasteiger partial charge in [0.1, 0.15) is 16.4 Å². The molecule has 3 heterocycles. The van der Waals surface area contributed by atoms with Gasteiger partial charge in [0.15, 0.2) is 6.04 Å². The van der Waals surface area contributed by atoms with E-state index in [1.165, 1.54) is 11.3 Å². The molecule has 0 bridgehead atoms. The number of alkyl halides is 3. The van der Waals surface area contributed by atoms with Gasteiger partial charge in [-0.25, -0.2) is 9.48 Å². The van der Waals surface area contributed by atoms with E-state index in [2.05, 4.69) is 15.7 Å². The molecule has 0 radical (unpaired) electrons. The summed E-state index contributed by atoms with van der Waals surface area (Å²) in [5, 5.41) is 10.2. The quantitative estimate of drug-likeness (QED) is 0.377. The summed E-state index contributed by atoms with van der Waals surface area (Å²) in [6.07, 6.45) is -0.578. The summed E-state index contributed by atoms with van der Waals surface area (Å²) >= 11 is 1.32. The van der Waals surface area contributed by atoms with Crippen molar-refractivity contribution in [3.05, 3.63) is 63.7 Å². The fraction of sp³-hybridized carbons (Fsp3) is 0.423. The number of benzene rings is 1. The van der Waals surface area contributed by atoms with E-state index >= 15 is 0 Å². The number of aryl methyl sites for hydroxylation is 1. The van der Waals surface area contributed by atoms with Gasteiger partial charge in [0, 0.05) is 11.3 Å². The van der Waals surface area contributed by atoms with E-state index in [0.29, 0.717) is 22.5 Å². The van der Waals surface area contributed by atoms with Gasteiger partial charge in [0.25, 0.3) is 5.91 Å². The van der Waals surface area contributed by atoms with Gasteiger partial charge in [-0.1, -0.05) is 30.3 Å². The monoisotopic (exact) mass is 532 g/mol. The minimum absolute atomic E-state index is 0.00689. The molecule has 1 amide bonds. The number of fused-ring (bicyclic) bond motifs is 2. The highest BCUT2D eigenvalue weighted by molar-refractivity contribution is 7.17. The number of hydrogen-bond acceptors (Lipinski definition) is 6. The molecule has 7 nitrogen and oxygen atoms in total. The molecule has 37 heavy (non-hydrogen) atoms. The summed E-state index contributed by atoms with van der Waals surface area (Å²) in [6.45, 7) is 3.50. The molecule has 0 spiro atoms. The predicted octanol–water partition coefficient (Wildman–Crippen LogP) is 6.30. The van der Waals surface area contributed by atoms with E-state index in [-0.39, 0.29) is 23.9 Å². The normalized spacial score (nSPS) is 19.1. The number of nitrogens with zero attached hydrogens (tertiary/aromatic N) is 2. The van der Waals surface area contributed by atoms with Crippen LogP contribution in [0.1, 0.15) is 81.9 Å². The molecule has 5 rings (SSSR count). The second-order valence-corrected chi connectivity index (χ2v) is 10.7. The Labute approximate surface area is 216 Å². The second kappa shape index (κ2) is 9.85. The Morgan fingerprint density at radius 3 is 2.62 bits per heavy atom. The van der Waals surface area contributed by atoms with Crippen LogP contribution in [-0.2, 0) is 17.6 Å². The number of carbonyl (C=O) groups excluding carboxylic acids is 2. The van der Waals surface area contributed by atoms with E-state index in [9.17, 15) is 22.8 Å². The largest absolute Gasteiger partial charge is 0.459 e. The van der Waals surface area contributed by atoms with Crippen LogP contribution in [0.3, 0.4) is 0 Å². The predicted molar refractivity (Wildman–Crippen MR) is 134 cm³/mol. The van der Waals surface area contributed by atoms with Gasteiger partial charge in [-0.05, 0) is 50.7 Å². The topological polar surface area (TPSA) is 85.2 Å². The molecule has 0 unspecified atom stereocenters. The van der Waals surface area contributed by atoms with E-state index < -0.39 is 30.1 Å². The summed E-state index contributed by atoms with van der Waals surface area (Å²) in [4.78, 5) is 27.4. The first-order valence-electron chi connectivity index (χ1n) is 12.3. The molecular formula is C26H27F3N4O3S. The Bertz CT molecular complexity index is 1320. The molecule has 1 aliphatic carbocycles. The van der Waals surface area contributed by atoms with Crippen molar-refractivity contribution in [3.63, 3.8) is 0 Å². The number of esters is 1. The summed E-state index contributed by atoms with van der Waals surface area (Å²) < 4.78 is 48.3. The number of ether oxygens (including phenoxy) is 1. The lowest BCUT2D eigenvalue weighted by Gasteiger charge is -2.34. The number of amides is 1. The first kappa shape index (κ1) is 25.3. The van der Waals surface area contributed by atoms with Crippen LogP contribution >= 0.6 is 11.3 Å². The van der Waals surface area contributed by atoms with E-state index in [1.807, 2.05) is 0 Å². The smallest absolute Gasteiger partial charge is 0.410 e. The first-order chi connectivity index (χ1) is 17.6. The van der Waals surface area contributed by atoms with Crippen LogP contribution < -0.4 is 10.6 Å². The number of nitrogens with one attached hydrogen (secondary N) is 2. The summed E-state index contributed by atoms with van der Waals surface area (Å²) in [5.41, 5.74) is 1.88. The van der Waals surface area contributed by atoms with Gasteiger partial charge >= 0.3 is 12.1 Å². The molecule has 0 saturated carbocycles. The molecule has 1 aliphatic heterocycles. The Balaban J connectivity index is 1.49. The molecule has 2 N–H and O–H groups in total. The van der Waals surface area contributed by atoms with E-state index in [0.717, 1.165) is 40.6 Å². The SMILES string of the molecule is CC(C)OC(=O)c1c(NC(=O)c2cnn3c2N[C@@H](c2ccccc2)C[C@H]3C(F)(F)F)sc2c1CCCC2. The van der Waals surface area contributed by atoms with Gasteiger partial charge in [-0.3, -0.25) is 4.79 Å². The van der Waals surface area contributed by atoms with Crippen LogP contribution in [0.15, 0.2) is 36.5 Å². The Hall–Kier alpha value is -3.34. The van der Waals surface area contributed by atoms with Crippen molar-refractivity contribution in [1.29, 1.82) is 0 Å². The summed E-state index contributed by atoms with van der Waals surface area (Å²) in [6, 6.07) is 6.26. The van der Waals surface area contributed by atoms with Crippen LogP contribution in [0.4, 0.5) is 24.0 Å². The molecule has 2 aromatic heterocycles. The lowest BCUT2D eigenvalue weighted by molar-refractivity contribution is -0.173. The fourth-order valence-corrected chi connectivity index (χ4v) is 6.22. The average Bonchev–Trinajstić information content (AvgIpc) is 3.44. The molecule has 1 aromatic carbocycles. The highest BCUT2D eigenvalue weighted by Gasteiger charge is 2.47. The number of rotatable bonds is 5. The third-order valence-corrected chi connectivity index (χ3v) is 7.84. The van der Waals surface area contributed by atoms with Crippen molar-refractivity contribution in [2.24, 2.45) is 0 Å². The number of aromatic nitrogens is 2. The van der Waals surface area contributed by atoms with Crippen LogP contribution in [0, 0.1) is 0 Å². The van der Waals surface area contributed by atoms with Crippen LogP contribution in [0.5, 0.6) is 0 Å². The lowest BCUT2D eigenvalue weighted by Crippen LogP contribution is -2.36. The molecule has 0 fully saturated rings. The van der Waals surface area contributed by atoms with Gasteiger partial charge in [-0.15, -0.1) is 11.3 Å². The van der Waals surface area contributed by atoms with Gasteiger partial charge in [0.2, 0.25) is 0 Å². The fourth-order valence-electron chi connectivity index (χ4n) is 4.95. The number of thiophene rings is 1. The molecule has 2 aliphatic rings. The third-order valence-electron chi connectivity index (χ3n) is 6.63. The van der Waals surface area contributed by atoms with Gasteiger partial charge < -0.3 is 15.4 Å². The number of halogens is 3. The summed E-state index contributed by atoms with van der Waals surface area (Å²) in [5.74, 6) is -1.16. The minimum Gasteiger partial charge on any atom is -0.459 e.